The van der Waals surface area contributed by atoms with E-state index in [0.29, 0.717) is 52.3 Å². The number of Topliss-reactive ketones (excluding diaryl/α,β-unsaturated/α-hetero) is 1. The number of benzene rings is 1. The van der Waals surface area contributed by atoms with E-state index in [-0.39, 0.29) is 36.6 Å². The van der Waals surface area contributed by atoms with Crippen LogP contribution in [0.2, 0.25) is 0 Å². The van der Waals surface area contributed by atoms with Crippen molar-refractivity contribution >= 4 is 5.78 Å². The Hall–Kier alpha value is -1.61. The maximum atomic E-state index is 13.0. The van der Waals surface area contributed by atoms with Crippen LogP contribution in [-0.4, -0.2) is 63.6 Å². The fourth-order valence-corrected chi connectivity index (χ4v) is 5.68. The van der Waals surface area contributed by atoms with Gasteiger partial charge >= 0.3 is 0 Å². The molecular weight excluding hydrogens is 424 g/mol. The molecule has 1 saturated carbocycles. The van der Waals surface area contributed by atoms with Crippen LogP contribution < -0.4 is 0 Å². The van der Waals surface area contributed by atoms with Crippen molar-refractivity contribution in [1.29, 1.82) is 0 Å². The van der Waals surface area contributed by atoms with Gasteiger partial charge in [0.15, 0.2) is 6.29 Å². The zero-order valence-electron chi connectivity index (χ0n) is 19.6. The molecule has 1 aromatic rings. The van der Waals surface area contributed by atoms with Crippen molar-refractivity contribution in [3.63, 3.8) is 0 Å². The van der Waals surface area contributed by atoms with Gasteiger partial charge < -0.3 is 28.8 Å². The number of methoxy groups -OCH3 is 1. The number of aliphatic hydroxyl groups is 1. The fraction of sp³-hybridized carbons (Fsp3) is 0.654. The van der Waals surface area contributed by atoms with E-state index < -0.39 is 11.5 Å². The van der Waals surface area contributed by atoms with Crippen molar-refractivity contribution in [2.75, 3.05) is 40.3 Å². The molecule has 3 aliphatic rings. The Morgan fingerprint density at radius 2 is 2.00 bits per heavy atom. The lowest BCUT2D eigenvalue weighted by atomic mass is 9.65. The molecule has 1 unspecified atom stereocenters. The molecule has 2 bridgehead atoms. The van der Waals surface area contributed by atoms with E-state index >= 15 is 0 Å². The van der Waals surface area contributed by atoms with Crippen molar-refractivity contribution in [2.45, 2.75) is 45.2 Å². The van der Waals surface area contributed by atoms with E-state index in [9.17, 15) is 9.90 Å². The molecule has 1 aromatic carbocycles. The third-order valence-corrected chi connectivity index (χ3v) is 7.22. The molecule has 1 aliphatic heterocycles. The standard InChI is InChI=1S/C26H36O7/c1-3-32-24-12-26(16-33-24)11-20(27)10-21-22(15-31-17-29-2)19(9-23(26)25(21)28)14-30-13-18-7-5-4-6-8-18/h4-9,19,21-22,24-25,28H,3,10-17H2,1-2H3/t19-,21+,22-,24?,25-,26+/m1/s1. The summed E-state index contributed by atoms with van der Waals surface area (Å²) in [4.78, 5) is 13.0. The number of ketones is 1. The summed E-state index contributed by atoms with van der Waals surface area (Å²) in [5, 5.41) is 11.4. The smallest absolute Gasteiger partial charge is 0.158 e. The summed E-state index contributed by atoms with van der Waals surface area (Å²) in [6, 6.07) is 10.1. The molecule has 4 rings (SSSR count). The van der Waals surface area contributed by atoms with Gasteiger partial charge in [-0.15, -0.1) is 0 Å². The lowest BCUT2D eigenvalue weighted by Crippen LogP contribution is -2.44. The maximum Gasteiger partial charge on any atom is 0.158 e. The number of carbonyl (C=O) groups excluding carboxylic acids is 1. The number of aliphatic hydroxyl groups excluding tert-OH is 1. The Morgan fingerprint density at radius 3 is 2.76 bits per heavy atom. The number of hydrogen-bond acceptors (Lipinski definition) is 7. The number of ether oxygens (including phenoxy) is 5. The van der Waals surface area contributed by atoms with Gasteiger partial charge in [-0.1, -0.05) is 36.4 Å². The van der Waals surface area contributed by atoms with Crippen LogP contribution in [0.4, 0.5) is 0 Å². The van der Waals surface area contributed by atoms with Crippen LogP contribution >= 0.6 is 0 Å². The Labute approximate surface area is 196 Å². The molecule has 0 radical (unpaired) electrons. The Balaban J connectivity index is 1.58. The minimum absolute atomic E-state index is 0.0166. The first-order valence-corrected chi connectivity index (χ1v) is 11.9. The first kappa shape index (κ1) is 24.5. The highest BCUT2D eigenvalue weighted by atomic mass is 16.7. The quantitative estimate of drug-likeness (QED) is 0.326. The van der Waals surface area contributed by atoms with Crippen molar-refractivity contribution in [2.24, 2.45) is 23.2 Å². The van der Waals surface area contributed by atoms with Gasteiger partial charge in [0.25, 0.3) is 0 Å². The second kappa shape index (κ2) is 11.2. The van der Waals surface area contributed by atoms with Gasteiger partial charge in [-0.25, -0.2) is 0 Å². The molecule has 7 heteroatoms. The zero-order chi connectivity index (χ0) is 23.3. The van der Waals surface area contributed by atoms with E-state index in [1.807, 2.05) is 37.3 Å². The minimum Gasteiger partial charge on any atom is -0.388 e. The van der Waals surface area contributed by atoms with E-state index in [1.165, 1.54) is 0 Å². The van der Waals surface area contributed by atoms with Crippen molar-refractivity contribution in [3.8, 4) is 0 Å². The number of hydrogen-bond donors (Lipinski definition) is 1. The molecule has 1 saturated heterocycles. The number of rotatable bonds is 10. The largest absolute Gasteiger partial charge is 0.388 e. The van der Waals surface area contributed by atoms with Crippen molar-refractivity contribution < 1.29 is 33.6 Å². The number of carbonyl (C=O) groups is 1. The van der Waals surface area contributed by atoms with Gasteiger partial charge in [0.2, 0.25) is 0 Å². The van der Waals surface area contributed by atoms with Gasteiger partial charge in [0, 0.05) is 50.2 Å². The summed E-state index contributed by atoms with van der Waals surface area (Å²) in [6.45, 7) is 4.45. The molecule has 1 spiro atoms. The summed E-state index contributed by atoms with van der Waals surface area (Å²) in [5.41, 5.74) is 1.51. The van der Waals surface area contributed by atoms with E-state index in [1.54, 1.807) is 7.11 Å². The molecule has 0 aromatic heterocycles. The van der Waals surface area contributed by atoms with Crippen LogP contribution in [0, 0.1) is 23.2 Å². The molecule has 2 fully saturated rings. The predicted octanol–water partition coefficient (Wildman–Crippen LogP) is 3.11. The second-order valence-corrected chi connectivity index (χ2v) is 9.44. The van der Waals surface area contributed by atoms with Crippen molar-refractivity contribution in [3.05, 3.63) is 47.5 Å². The molecular formula is C26H36O7. The topological polar surface area (TPSA) is 83.5 Å². The first-order chi connectivity index (χ1) is 16.1. The van der Waals surface area contributed by atoms with Gasteiger partial charge in [-0.3, -0.25) is 4.79 Å². The molecule has 182 valence electrons. The van der Waals surface area contributed by atoms with Crippen LogP contribution in [0.25, 0.3) is 0 Å². The Bertz CT molecular complexity index is 810. The number of fused-ring (bicyclic) bond motifs is 3. The molecule has 6 atom stereocenters. The molecule has 7 nitrogen and oxygen atoms in total. The van der Waals surface area contributed by atoms with Crippen LogP contribution in [0.15, 0.2) is 42.0 Å². The summed E-state index contributed by atoms with van der Waals surface area (Å²) >= 11 is 0. The Morgan fingerprint density at radius 1 is 1.18 bits per heavy atom. The summed E-state index contributed by atoms with van der Waals surface area (Å²) in [7, 11) is 1.59. The Kier molecular flexibility index (Phi) is 8.33. The molecule has 2 aliphatic carbocycles. The van der Waals surface area contributed by atoms with E-state index in [2.05, 4.69) is 6.08 Å². The highest BCUT2D eigenvalue weighted by Crippen LogP contribution is 2.53. The highest BCUT2D eigenvalue weighted by Gasteiger charge is 2.54. The highest BCUT2D eigenvalue weighted by molar-refractivity contribution is 5.81. The van der Waals surface area contributed by atoms with Crippen LogP contribution in [0.5, 0.6) is 0 Å². The van der Waals surface area contributed by atoms with Crippen LogP contribution in [0.3, 0.4) is 0 Å². The van der Waals surface area contributed by atoms with Gasteiger partial charge in [-0.05, 0) is 24.0 Å². The normalized spacial score (nSPS) is 33.8. The first-order valence-electron chi connectivity index (χ1n) is 11.9. The third-order valence-electron chi connectivity index (χ3n) is 7.22. The molecule has 0 amide bonds. The lowest BCUT2D eigenvalue weighted by molar-refractivity contribution is -0.123. The second-order valence-electron chi connectivity index (χ2n) is 9.44. The SMILES string of the molecule is CCOC1C[C@]2(CO1)CC(=O)C[C@H]1[C@H](COCOC)[C@@H](COCc3ccccc3)C=C2[C@@H]1O. The van der Waals surface area contributed by atoms with Gasteiger partial charge in [-0.2, -0.15) is 0 Å². The van der Waals surface area contributed by atoms with Gasteiger partial charge in [0.1, 0.15) is 12.6 Å². The average molecular weight is 461 g/mol. The van der Waals surface area contributed by atoms with Crippen molar-refractivity contribution in [1.82, 2.24) is 0 Å². The molecule has 33 heavy (non-hydrogen) atoms. The predicted molar refractivity (Wildman–Crippen MR) is 121 cm³/mol. The zero-order valence-corrected chi connectivity index (χ0v) is 19.6. The summed E-state index contributed by atoms with van der Waals surface area (Å²) in [6.07, 6.45) is 2.38. The summed E-state index contributed by atoms with van der Waals surface area (Å²) < 4.78 is 28.5. The third kappa shape index (κ3) is 5.56. The summed E-state index contributed by atoms with van der Waals surface area (Å²) in [5.74, 6) is -0.0855. The van der Waals surface area contributed by atoms with Crippen LogP contribution in [-0.2, 0) is 35.1 Å². The van der Waals surface area contributed by atoms with E-state index in [4.69, 9.17) is 23.7 Å². The average Bonchev–Trinajstić information content (AvgIpc) is 3.18. The van der Waals surface area contributed by atoms with Gasteiger partial charge in [0.05, 0.1) is 32.5 Å². The van der Waals surface area contributed by atoms with Crippen LogP contribution in [0.1, 0.15) is 31.7 Å². The minimum atomic E-state index is -0.707. The maximum absolute atomic E-state index is 13.0. The monoisotopic (exact) mass is 460 g/mol. The fourth-order valence-electron chi connectivity index (χ4n) is 5.68. The molecule has 1 N–H and O–H groups in total. The molecule has 1 heterocycles. The lowest BCUT2D eigenvalue weighted by Gasteiger charge is -2.42. The van der Waals surface area contributed by atoms with E-state index in [0.717, 1.165) is 11.1 Å².